The standard InChI is InChI=1S/C9H16N2OS/c1-2-7(6-12)11-5-9-8(10)3-4-13-9/h3-4,7,11-12H,2,5-6,10H2,1H3/t7-/m1/s1. The van der Waals surface area contributed by atoms with E-state index in [0.29, 0.717) is 0 Å². The van der Waals surface area contributed by atoms with Gasteiger partial charge in [-0.2, -0.15) is 0 Å². The summed E-state index contributed by atoms with van der Waals surface area (Å²) in [5, 5.41) is 14.2. The van der Waals surface area contributed by atoms with Gasteiger partial charge in [0.15, 0.2) is 0 Å². The fourth-order valence-electron chi connectivity index (χ4n) is 1.07. The van der Waals surface area contributed by atoms with E-state index >= 15 is 0 Å². The Balaban J connectivity index is 2.38. The average molecular weight is 200 g/mol. The first kappa shape index (κ1) is 10.5. The molecule has 3 nitrogen and oxygen atoms in total. The van der Waals surface area contributed by atoms with E-state index < -0.39 is 0 Å². The third-order valence-electron chi connectivity index (χ3n) is 2.04. The van der Waals surface area contributed by atoms with Crippen LogP contribution in [-0.2, 0) is 6.54 Å². The van der Waals surface area contributed by atoms with Crippen LogP contribution in [0.3, 0.4) is 0 Å². The van der Waals surface area contributed by atoms with Crippen LogP contribution in [0.1, 0.15) is 18.2 Å². The number of nitrogens with two attached hydrogens (primary N) is 1. The zero-order valence-electron chi connectivity index (χ0n) is 7.79. The van der Waals surface area contributed by atoms with E-state index in [-0.39, 0.29) is 12.6 Å². The molecular weight excluding hydrogens is 184 g/mol. The third kappa shape index (κ3) is 2.99. The van der Waals surface area contributed by atoms with Crippen LogP contribution in [0.2, 0.25) is 0 Å². The Bertz CT molecular complexity index is 246. The summed E-state index contributed by atoms with van der Waals surface area (Å²) in [7, 11) is 0. The minimum atomic E-state index is 0.182. The SMILES string of the molecule is CC[C@H](CO)NCc1sccc1N. The molecule has 0 spiro atoms. The van der Waals surface area contributed by atoms with Gasteiger partial charge < -0.3 is 16.2 Å². The highest BCUT2D eigenvalue weighted by molar-refractivity contribution is 7.10. The van der Waals surface area contributed by atoms with Gasteiger partial charge in [0.05, 0.1) is 6.61 Å². The Labute approximate surface area is 82.6 Å². The Morgan fingerprint density at radius 3 is 2.92 bits per heavy atom. The van der Waals surface area contributed by atoms with Crippen LogP contribution < -0.4 is 11.1 Å². The lowest BCUT2D eigenvalue weighted by atomic mass is 10.2. The van der Waals surface area contributed by atoms with E-state index in [2.05, 4.69) is 5.32 Å². The largest absolute Gasteiger partial charge is 0.398 e. The average Bonchev–Trinajstić information content (AvgIpc) is 2.54. The van der Waals surface area contributed by atoms with Gasteiger partial charge in [-0.05, 0) is 17.9 Å². The summed E-state index contributed by atoms with van der Waals surface area (Å²) in [4.78, 5) is 1.15. The number of hydrogen-bond acceptors (Lipinski definition) is 4. The molecule has 1 aromatic heterocycles. The second-order valence-electron chi connectivity index (χ2n) is 2.97. The second-order valence-corrected chi connectivity index (χ2v) is 3.97. The number of nitrogen functional groups attached to an aromatic ring is 1. The van der Waals surface area contributed by atoms with Gasteiger partial charge in [-0.25, -0.2) is 0 Å². The van der Waals surface area contributed by atoms with Gasteiger partial charge >= 0.3 is 0 Å². The molecule has 4 heteroatoms. The van der Waals surface area contributed by atoms with Gasteiger partial charge in [0, 0.05) is 23.2 Å². The number of anilines is 1. The molecule has 0 amide bonds. The zero-order chi connectivity index (χ0) is 9.68. The molecule has 0 radical (unpaired) electrons. The van der Waals surface area contributed by atoms with Gasteiger partial charge in [0.2, 0.25) is 0 Å². The number of nitrogens with one attached hydrogen (secondary N) is 1. The van der Waals surface area contributed by atoms with Crippen molar-refractivity contribution >= 4 is 17.0 Å². The summed E-state index contributed by atoms with van der Waals surface area (Å²) in [6, 6.07) is 2.09. The van der Waals surface area contributed by atoms with Crippen LogP contribution in [0, 0.1) is 0 Å². The lowest BCUT2D eigenvalue weighted by molar-refractivity contribution is 0.238. The van der Waals surface area contributed by atoms with Gasteiger partial charge in [-0.3, -0.25) is 0 Å². The fraction of sp³-hybridized carbons (Fsp3) is 0.556. The molecule has 0 fully saturated rings. The minimum absolute atomic E-state index is 0.182. The maximum absolute atomic E-state index is 8.93. The predicted octanol–water partition coefficient (Wildman–Crippen LogP) is 1.19. The van der Waals surface area contributed by atoms with Crippen molar-refractivity contribution in [1.82, 2.24) is 5.32 Å². The number of rotatable bonds is 5. The second kappa shape index (κ2) is 5.21. The quantitative estimate of drug-likeness (QED) is 0.669. The van der Waals surface area contributed by atoms with Crippen molar-refractivity contribution in [2.24, 2.45) is 0 Å². The molecule has 1 heterocycles. The van der Waals surface area contributed by atoms with Gasteiger partial charge in [0.25, 0.3) is 0 Å². The summed E-state index contributed by atoms with van der Waals surface area (Å²) in [6.45, 7) is 2.98. The Morgan fingerprint density at radius 2 is 2.46 bits per heavy atom. The van der Waals surface area contributed by atoms with Crippen LogP contribution in [0.15, 0.2) is 11.4 Å². The highest BCUT2D eigenvalue weighted by atomic mass is 32.1. The molecule has 4 N–H and O–H groups in total. The van der Waals surface area contributed by atoms with Crippen molar-refractivity contribution in [2.45, 2.75) is 25.9 Å². The molecule has 0 aliphatic carbocycles. The Hall–Kier alpha value is -0.580. The van der Waals surface area contributed by atoms with Crippen LogP contribution in [-0.4, -0.2) is 17.8 Å². The van der Waals surface area contributed by atoms with Crippen LogP contribution in [0.5, 0.6) is 0 Å². The maximum Gasteiger partial charge on any atom is 0.0584 e. The number of aliphatic hydroxyl groups excluding tert-OH is 1. The molecule has 1 aromatic rings. The smallest absolute Gasteiger partial charge is 0.0584 e. The molecular formula is C9H16N2OS. The molecule has 0 bridgehead atoms. The summed E-state index contributed by atoms with van der Waals surface area (Å²) >= 11 is 1.64. The first-order chi connectivity index (χ1) is 6.27. The topological polar surface area (TPSA) is 58.3 Å². The van der Waals surface area contributed by atoms with Crippen molar-refractivity contribution in [3.8, 4) is 0 Å². The monoisotopic (exact) mass is 200 g/mol. The summed E-state index contributed by atoms with van der Waals surface area (Å²) in [6.07, 6.45) is 0.932. The molecule has 74 valence electrons. The highest BCUT2D eigenvalue weighted by Crippen LogP contribution is 2.18. The van der Waals surface area contributed by atoms with Crippen LogP contribution >= 0.6 is 11.3 Å². The number of aliphatic hydroxyl groups is 1. The number of hydrogen-bond donors (Lipinski definition) is 3. The molecule has 0 aliphatic heterocycles. The van der Waals surface area contributed by atoms with Crippen molar-refractivity contribution in [1.29, 1.82) is 0 Å². The summed E-state index contributed by atoms with van der Waals surface area (Å²) in [5.41, 5.74) is 6.56. The zero-order valence-corrected chi connectivity index (χ0v) is 8.60. The first-order valence-electron chi connectivity index (χ1n) is 4.44. The molecule has 1 rings (SSSR count). The Morgan fingerprint density at radius 1 is 1.69 bits per heavy atom. The maximum atomic E-state index is 8.93. The van der Waals surface area contributed by atoms with Crippen molar-refractivity contribution < 1.29 is 5.11 Å². The molecule has 0 saturated carbocycles. The highest BCUT2D eigenvalue weighted by Gasteiger charge is 2.05. The van der Waals surface area contributed by atoms with Crippen LogP contribution in [0.4, 0.5) is 5.69 Å². The predicted molar refractivity (Wildman–Crippen MR) is 56.7 cm³/mol. The van der Waals surface area contributed by atoms with E-state index in [1.54, 1.807) is 11.3 Å². The molecule has 0 saturated heterocycles. The van der Waals surface area contributed by atoms with Crippen molar-refractivity contribution in [3.63, 3.8) is 0 Å². The van der Waals surface area contributed by atoms with Gasteiger partial charge in [-0.1, -0.05) is 6.92 Å². The van der Waals surface area contributed by atoms with E-state index in [4.69, 9.17) is 10.8 Å². The van der Waals surface area contributed by atoms with E-state index in [9.17, 15) is 0 Å². The fourth-order valence-corrected chi connectivity index (χ4v) is 1.82. The van der Waals surface area contributed by atoms with Crippen molar-refractivity contribution in [3.05, 3.63) is 16.3 Å². The van der Waals surface area contributed by atoms with Crippen LogP contribution in [0.25, 0.3) is 0 Å². The van der Waals surface area contributed by atoms with Gasteiger partial charge in [0.1, 0.15) is 0 Å². The third-order valence-corrected chi connectivity index (χ3v) is 2.98. The molecule has 0 aromatic carbocycles. The van der Waals surface area contributed by atoms with E-state index in [0.717, 1.165) is 23.5 Å². The minimum Gasteiger partial charge on any atom is -0.398 e. The van der Waals surface area contributed by atoms with Crippen molar-refractivity contribution in [2.75, 3.05) is 12.3 Å². The molecule has 1 atom stereocenters. The summed E-state index contributed by atoms with van der Waals surface area (Å²) < 4.78 is 0. The summed E-state index contributed by atoms with van der Waals surface area (Å²) in [5.74, 6) is 0. The molecule has 0 aliphatic rings. The lowest BCUT2D eigenvalue weighted by Gasteiger charge is -2.13. The normalized spacial score (nSPS) is 13.1. The lowest BCUT2D eigenvalue weighted by Crippen LogP contribution is -2.31. The molecule has 0 unspecified atom stereocenters. The number of thiophene rings is 1. The molecule has 13 heavy (non-hydrogen) atoms. The van der Waals surface area contributed by atoms with E-state index in [1.807, 2.05) is 18.4 Å². The van der Waals surface area contributed by atoms with E-state index in [1.165, 1.54) is 0 Å². The first-order valence-corrected chi connectivity index (χ1v) is 5.32. The van der Waals surface area contributed by atoms with Gasteiger partial charge in [-0.15, -0.1) is 11.3 Å². The Kier molecular flexibility index (Phi) is 4.21.